The molecule has 0 saturated carbocycles. The third-order valence-corrected chi connectivity index (χ3v) is 4.62. The Bertz CT molecular complexity index is 630. The van der Waals surface area contributed by atoms with Gasteiger partial charge in [0.2, 0.25) is 0 Å². The van der Waals surface area contributed by atoms with Crippen LogP contribution in [0.15, 0.2) is 40.9 Å². The molecule has 0 amide bonds. The van der Waals surface area contributed by atoms with Gasteiger partial charge in [0.05, 0.1) is 24.3 Å². The number of hydrogen-bond acceptors (Lipinski definition) is 2. The summed E-state index contributed by atoms with van der Waals surface area (Å²) in [5.41, 5.74) is 11.0. The van der Waals surface area contributed by atoms with Gasteiger partial charge in [0.25, 0.3) is 0 Å². The molecule has 0 aromatic heterocycles. The fourth-order valence-corrected chi connectivity index (χ4v) is 2.80. The highest BCUT2D eigenvalue weighted by atomic mass is 79.9. The van der Waals surface area contributed by atoms with Crippen molar-refractivity contribution in [3.63, 3.8) is 0 Å². The molecular formula is C15H13BrClNO. The second kappa shape index (κ2) is 5.25. The quantitative estimate of drug-likeness (QED) is 0.891. The Hall–Kier alpha value is -0.870. The fraction of sp³-hybridized carbons (Fsp3) is 0.200. The molecule has 0 spiro atoms. The lowest BCUT2D eigenvalue weighted by Gasteiger charge is -2.14. The van der Waals surface area contributed by atoms with Gasteiger partial charge in [0.1, 0.15) is 0 Å². The van der Waals surface area contributed by atoms with Crippen molar-refractivity contribution in [1.82, 2.24) is 0 Å². The molecule has 1 aliphatic rings. The lowest BCUT2D eigenvalue weighted by atomic mass is 9.96. The number of rotatable bonds is 2. The summed E-state index contributed by atoms with van der Waals surface area (Å²) in [7, 11) is 0. The van der Waals surface area contributed by atoms with Gasteiger partial charge >= 0.3 is 0 Å². The molecule has 1 aliphatic heterocycles. The van der Waals surface area contributed by atoms with Gasteiger partial charge in [0, 0.05) is 4.47 Å². The highest BCUT2D eigenvalue weighted by Gasteiger charge is 2.15. The average Bonchev–Trinajstić information content (AvgIpc) is 2.88. The molecule has 0 saturated heterocycles. The Morgan fingerprint density at radius 2 is 1.74 bits per heavy atom. The van der Waals surface area contributed by atoms with E-state index in [0.29, 0.717) is 18.2 Å². The van der Waals surface area contributed by atoms with E-state index in [2.05, 4.69) is 34.1 Å². The summed E-state index contributed by atoms with van der Waals surface area (Å²) in [5, 5.41) is 0.693. The van der Waals surface area contributed by atoms with Crippen molar-refractivity contribution in [1.29, 1.82) is 0 Å². The van der Waals surface area contributed by atoms with E-state index < -0.39 is 0 Å². The maximum atomic E-state index is 6.32. The third kappa shape index (κ3) is 2.56. The van der Waals surface area contributed by atoms with Gasteiger partial charge in [-0.3, -0.25) is 0 Å². The minimum Gasteiger partial charge on any atom is -0.372 e. The Kier molecular flexibility index (Phi) is 3.63. The molecule has 1 atom stereocenters. The molecule has 1 heterocycles. The number of benzene rings is 2. The van der Waals surface area contributed by atoms with Crippen molar-refractivity contribution < 1.29 is 4.74 Å². The van der Waals surface area contributed by atoms with Gasteiger partial charge in [-0.2, -0.15) is 0 Å². The lowest BCUT2D eigenvalue weighted by Crippen LogP contribution is -2.12. The topological polar surface area (TPSA) is 35.2 Å². The summed E-state index contributed by atoms with van der Waals surface area (Å²) in [6.07, 6.45) is 0. The van der Waals surface area contributed by atoms with Gasteiger partial charge in [-0.1, -0.05) is 35.9 Å². The predicted molar refractivity (Wildman–Crippen MR) is 80.1 cm³/mol. The van der Waals surface area contributed by atoms with Crippen molar-refractivity contribution in [3.05, 3.63) is 68.1 Å². The van der Waals surface area contributed by atoms with E-state index in [1.165, 1.54) is 11.1 Å². The van der Waals surface area contributed by atoms with Crippen LogP contribution in [-0.2, 0) is 18.0 Å². The predicted octanol–water partition coefficient (Wildman–Crippen LogP) is 4.18. The number of fused-ring (bicyclic) bond motifs is 1. The molecule has 98 valence electrons. The van der Waals surface area contributed by atoms with Crippen LogP contribution in [0, 0.1) is 0 Å². The molecule has 2 N–H and O–H groups in total. The number of ether oxygens (including phenoxy) is 1. The number of hydrogen-bond donors (Lipinski definition) is 1. The molecule has 3 rings (SSSR count). The maximum Gasteiger partial charge on any atom is 0.0725 e. The van der Waals surface area contributed by atoms with Gasteiger partial charge in [-0.05, 0) is 50.3 Å². The first-order valence-electron chi connectivity index (χ1n) is 6.05. The molecule has 2 nitrogen and oxygen atoms in total. The van der Waals surface area contributed by atoms with E-state index in [0.717, 1.165) is 15.6 Å². The van der Waals surface area contributed by atoms with Crippen LogP contribution in [0.3, 0.4) is 0 Å². The average molecular weight is 339 g/mol. The smallest absolute Gasteiger partial charge is 0.0725 e. The van der Waals surface area contributed by atoms with Crippen LogP contribution in [0.5, 0.6) is 0 Å². The summed E-state index contributed by atoms with van der Waals surface area (Å²) in [4.78, 5) is 0. The first kappa shape index (κ1) is 13.1. The molecule has 2 aromatic rings. The van der Waals surface area contributed by atoms with Crippen molar-refractivity contribution in [2.45, 2.75) is 19.3 Å². The fourth-order valence-electron chi connectivity index (χ4n) is 2.28. The summed E-state index contributed by atoms with van der Waals surface area (Å²) in [6, 6.07) is 11.9. The van der Waals surface area contributed by atoms with Crippen molar-refractivity contribution >= 4 is 27.5 Å². The second-order valence-corrected chi connectivity index (χ2v) is 5.93. The van der Waals surface area contributed by atoms with Gasteiger partial charge in [0.15, 0.2) is 0 Å². The molecule has 19 heavy (non-hydrogen) atoms. The largest absolute Gasteiger partial charge is 0.372 e. The third-order valence-electron chi connectivity index (χ3n) is 3.41. The Labute approximate surface area is 125 Å². The lowest BCUT2D eigenvalue weighted by molar-refractivity contribution is 0.134. The van der Waals surface area contributed by atoms with E-state index in [1.807, 2.05) is 18.2 Å². The van der Waals surface area contributed by atoms with E-state index in [-0.39, 0.29) is 6.04 Å². The summed E-state index contributed by atoms with van der Waals surface area (Å²) in [5.74, 6) is 0. The van der Waals surface area contributed by atoms with Crippen LogP contribution in [0.1, 0.15) is 28.3 Å². The van der Waals surface area contributed by atoms with Crippen molar-refractivity contribution in [3.8, 4) is 0 Å². The summed E-state index contributed by atoms with van der Waals surface area (Å²) >= 11 is 9.43. The zero-order valence-corrected chi connectivity index (χ0v) is 12.5. The van der Waals surface area contributed by atoms with Crippen LogP contribution in [0.25, 0.3) is 0 Å². The van der Waals surface area contributed by atoms with Gasteiger partial charge in [-0.25, -0.2) is 0 Å². The molecule has 0 radical (unpaired) electrons. The molecule has 2 aromatic carbocycles. The molecule has 1 unspecified atom stereocenters. The van der Waals surface area contributed by atoms with Crippen LogP contribution in [-0.4, -0.2) is 0 Å². The van der Waals surface area contributed by atoms with E-state index in [9.17, 15) is 0 Å². The van der Waals surface area contributed by atoms with E-state index >= 15 is 0 Å². The highest BCUT2D eigenvalue weighted by molar-refractivity contribution is 9.10. The molecule has 0 fully saturated rings. The van der Waals surface area contributed by atoms with Crippen molar-refractivity contribution in [2.75, 3.05) is 0 Å². The van der Waals surface area contributed by atoms with E-state index in [4.69, 9.17) is 22.1 Å². The number of nitrogens with two attached hydrogens (primary N) is 1. The zero-order chi connectivity index (χ0) is 13.4. The van der Waals surface area contributed by atoms with Crippen LogP contribution >= 0.6 is 27.5 Å². The molecular weight excluding hydrogens is 326 g/mol. The standard InChI is InChI=1S/C15H13BrClNO/c16-13-6-10(3-4-14(13)17)15(18)9-1-2-11-7-19-8-12(11)5-9/h1-6,15H,7-8,18H2. The normalized spacial score (nSPS) is 15.3. The molecule has 0 aliphatic carbocycles. The first-order chi connectivity index (χ1) is 9.15. The maximum absolute atomic E-state index is 6.32. The van der Waals surface area contributed by atoms with E-state index in [1.54, 1.807) is 0 Å². The number of halogens is 2. The van der Waals surface area contributed by atoms with Gasteiger partial charge < -0.3 is 10.5 Å². The summed E-state index contributed by atoms with van der Waals surface area (Å²) < 4.78 is 6.29. The SMILES string of the molecule is NC(c1ccc(Cl)c(Br)c1)c1ccc2c(c1)COC2. The highest BCUT2D eigenvalue weighted by Crippen LogP contribution is 2.30. The minimum atomic E-state index is -0.153. The first-order valence-corrected chi connectivity index (χ1v) is 7.22. The minimum absolute atomic E-state index is 0.153. The molecule has 0 bridgehead atoms. The van der Waals surface area contributed by atoms with Crippen LogP contribution in [0.4, 0.5) is 0 Å². The van der Waals surface area contributed by atoms with Crippen LogP contribution in [0.2, 0.25) is 5.02 Å². The zero-order valence-electron chi connectivity index (χ0n) is 10.2. The molecule has 4 heteroatoms. The summed E-state index contributed by atoms with van der Waals surface area (Å²) in [6.45, 7) is 1.39. The van der Waals surface area contributed by atoms with Gasteiger partial charge in [-0.15, -0.1) is 0 Å². The second-order valence-electron chi connectivity index (χ2n) is 4.67. The Balaban J connectivity index is 1.94. The van der Waals surface area contributed by atoms with Crippen LogP contribution < -0.4 is 5.73 Å². The van der Waals surface area contributed by atoms with Crippen molar-refractivity contribution in [2.24, 2.45) is 5.73 Å². The Morgan fingerprint density at radius 3 is 2.53 bits per heavy atom. The monoisotopic (exact) mass is 337 g/mol. The Morgan fingerprint density at radius 1 is 1.05 bits per heavy atom.